The minimum atomic E-state index is -0.559. The van der Waals surface area contributed by atoms with Gasteiger partial charge in [0.1, 0.15) is 11.4 Å². The molecule has 2 N–H and O–H groups in total. The minimum absolute atomic E-state index is 0.0134. The second-order valence-corrected chi connectivity index (χ2v) is 8.53. The van der Waals surface area contributed by atoms with Crippen molar-refractivity contribution in [2.75, 3.05) is 33.1 Å². The molecule has 0 radical (unpaired) electrons. The first-order valence-corrected chi connectivity index (χ1v) is 10.2. The summed E-state index contributed by atoms with van der Waals surface area (Å²) in [7, 11) is 5.59. The van der Waals surface area contributed by atoms with E-state index in [4.69, 9.17) is 9.47 Å². The van der Waals surface area contributed by atoms with Gasteiger partial charge in [0.2, 0.25) is 5.91 Å². The fourth-order valence-corrected chi connectivity index (χ4v) is 3.10. The van der Waals surface area contributed by atoms with Gasteiger partial charge in [-0.15, -0.1) is 0 Å². The normalized spacial score (nSPS) is 12.2. The number of ether oxygens (including phenoxy) is 2. The zero-order chi connectivity index (χ0) is 23.0. The van der Waals surface area contributed by atoms with Crippen molar-refractivity contribution in [3.05, 3.63) is 59.7 Å². The highest BCUT2D eigenvalue weighted by Crippen LogP contribution is 2.27. The molecule has 31 heavy (non-hydrogen) atoms. The quantitative estimate of drug-likeness (QED) is 0.666. The van der Waals surface area contributed by atoms with Crippen molar-refractivity contribution in [3.8, 4) is 5.75 Å². The first-order valence-electron chi connectivity index (χ1n) is 10.2. The number of likely N-dealkylation sites (N-methyl/N-ethyl adjacent to an activating group) is 1. The molecule has 0 aliphatic heterocycles. The lowest BCUT2D eigenvalue weighted by molar-refractivity contribution is -0.120. The first kappa shape index (κ1) is 24.2. The third-order valence-electron chi connectivity index (χ3n) is 4.58. The van der Waals surface area contributed by atoms with Crippen molar-refractivity contribution in [3.63, 3.8) is 0 Å². The molecule has 168 valence electrons. The smallest absolute Gasteiger partial charge is 0.412 e. The number of hydrogen-bond acceptors (Lipinski definition) is 5. The van der Waals surface area contributed by atoms with Gasteiger partial charge in [-0.25, -0.2) is 4.79 Å². The monoisotopic (exact) mass is 427 g/mol. The van der Waals surface area contributed by atoms with Crippen LogP contribution in [0.1, 0.15) is 37.9 Å². The van der Waals surface area contributed by atoms with Crippen LogP contribution in [0.25, 0.3) is 0 Å². The van der Waals surface area contributed by atoms with Gasteiger partial charge in [-0.1, -0.05) is 30.3 Å². The summed E-state index contributed by atoms with van der Waals surface area (Å²) in [6, 6.07) is 14.9. The topological polar surface area (TPSA) is 79.9 Å². The molecule has 0 unspecified atom stereocenters. The number of para-hydroxylation sites is 1. The number of nitrogens with zero attached hydrogens (tertiary/aromatic N) is 1. The molecular formula is C24H33N3O4. The van der Waals surface area contributed by atoms with Crippen LogP contribution in [0.2, 0.25) is 0 Å². The summed E-state index contributed by atoms with van der Waals surface area (Å²) in [6.45, 7) is 5.89. The van der Waals surface area contributed by atoms with E-state index in [0.717, 1.165) is 16.9 Å². The molecule has 0 bridgehead atoms. The van der Waals surface area contributed by atoms with Gasteiger partial charge in [0.05, 0.1) is 19.6 Å². The summed E-state index contributed by atoms with van der Waals surface area (Å²) in [6.07, 6.45) is -0.261. The van der Waals surface area contributed by atoms with Crippen molar-refractivity contribution < 1.29 is 19.1 Å². The second kappa shape index (κ2) is 10.8. The number of rotatable bonds is 8. The van der Waals surface area contributed by atoms with E-state index in [1.54, 1.807) is 19.2 Å². The number of benzene rings is 2. The Morgan fingerprint density at radius 3 is 2.26 bits per heavy atom. The van der Waals surface area contributed by atoms with Gasteiger partial charge in [-0.05, 0) is 58.6 Å². The van der Waals surface area contributed by atoms with Crippen LogP contribution in [0.5, 0.6) is 5.75 Å². The van der Waals surface area contributed by atoms with Gasteiger partial charge >= 0.3 is 6.09 Å². The van der Waals surface area contributed by atoms with Crippen molar-refractivity contribution in [1.82, 2.24) is 10.2 Å². The Labute approximate surface area is 184 Å². The molecule has 2 aromatic carbocycles. The molecule has 0 aliphatic carbocycles. The highest BCUT2D eigenvalue weighted by Gasteiger charge is 2.19. The van der Waals surface area contributed by atoms with Crippen LogP contribution in [0.3, 0.4) is 0 Å². The van der Waals surface area contributed by atoms with Crippen molar-refractivity contribution >= 4 is 17.7 Å². The lowest BCUT2D eigenvalue weighted by Gasteiger charge is -2.26. The predicted octanol–water partition coefficient (Wildman–Crippen LogP) is 4.00. The number of carbonyl (C=O) groups excluding carboxylic acids is 2. The molecule has 0 heterocycles. The lowest BCUT2D eigenvalue weighted by Crippen LogP contribution is -2.35. The third-order valence-corrected chi connectivity index (χ3v) is 4.58. The van der Waals surface area contributed by atoms with Gasteiger partial charge in [0, 0.05) is 17.8 Å². The number of nitrogens with one attached hydrogen (secondary N) is 2. The molecule has 0 aromatic heterocycles. The van der Waals surface area contributed by atoms with Crippen LogP contribution < -0.4 is 15.4 Å². The van der Waals surface area contributed by atoms with Crippen LogP contribution in [0, 0.1) is 0 Å². The average Bonchev–Trinajstić information content (AvgIpc) is 2.68. The van der Waals surface area contributed by atoms with E-state index in [1.165, 1.54) is 0 Å². The molecule has 0 saturated carbocycles. The largest absolute Gasteiger partial charge is 0.496 e. The van der Waals surface area contributed by atoms with Gasteiger partial charge in [0.15, 0.2) is 0 Å². The Hall–Kier alpha value is -3.06. The van der Waals surface area contributed by atoms with Crippen LogP contribution in [0.15, 0.2) is 48.5 Å². The molecule has 0 spiro atoms. The van der Waals surface area contributed by atoms with Crippen molar-refractivity contribution in [2.24, 2.45) is 0 Å². The predicted molar refractivity (Wildman–Crippen MR) is 122 cm³/mol. The van der Waals surface area contributed by atoms with E-state index in [9.17, 15) is 9.59 Å². The highest BCUT2D eigenvalue weighted by molar-refractivity contribution is 5.85. The van der Waals surface area contributed by atoms with Crippen molar-refractivity contribution in [2.45, 2.75) is 38.8 Å². The second-order valence-electron chi connectivity index (χ2n) is 8.53. The number of amides is 2. The fourth-order valence-electron chi connectivity index (χ4n) is 3.10. The maximum Gasteiger partial charge on any atom is 0.412 e. The molecule has 2 amide bonds. The van der Waals surface area contributed by atoms with E-state index in [1.807, 2.05) is 71.3 Å². The summed E-state index contributed by atoms with van der Waals surface area (Å²) >= 11 is 0. The summed E-state index contributed by atoms with van der Waals surface area (Å²) in [5, 5.41) is 5.69. The van der Waals surface area contributed by atoms with E-state index >= 15 is 0 Å². The molecule has 2 aromatic rings. The Morgan fingerprint density at radius 1 is 1.03 bits per heavy atom. The summed E-state index contributed by atoms with van der Waals surface area (Å²) in [5.74, 6) is 0.720. The maximum absolute atomic E-state index is 12.5. The highest BCUT2D eigenvalue weighted by atomic mass is 16.6. The van der Waals surface area contributed by atoms with Gasteiger partial charge < -0.3 is 19.7 Å². The van der Waals surface area contributed by atoms with E-state index in [-0.39, 0.29) is 18.4 Å². The zero-order valence-corrected chi connectivity index (χ0v) is 19.2. The van der Waals surface area contributed by atoms with Gasteiger partial charge in [0.25, 0.3) is 0 Å². The van der Waals surface area contributed by atoms with E-state index < -0.39 is 11.7 Å². The maximum atomic E-state index is 12.5. The molecule has 7 nitrogen and oxygen atoms in total. The molecule has 1 atom stereocenters. The first-order chi connectivity index (χ1) is 14.6. The molecule has 7 heteroatoms. The van der Waals surface area contributed by atoms with E-state index in [2.05, 4.69) is 15.5 Å². The number of methoxy groups -OCH3 is 1. The minimum Gasteiger partial charge on any atom is -0.496 e. The van der Waals surface area contributed by atoms with Crippen LogP contribution in [-0.4, -0.2) is 50.3 Å². The molecule has 0 saturated heterocycles. The summed E-state index contributed by atoms with van der Waals surface area (Å²) in [4.78, 5) is 26.4. The van der Waals surface area contributed by atoms with E-state index in [0.29, 0.717) is 12.2 Å². The zero-order valence-electron chi connectivity index (χ0n) is 19.2. The molecular weight excluding hydrogens is 394 g/mol. The molecule has 2 rings (SSSR count). The molecule has 0 fully saturated rings. The summed E-state index contributed by atoms with van der Waals surface area (Å²) in [5.41, 5.74) is 1.93. The standard InChI is InChI=1S/C24H33N3O4/c1-24(2,3)31-23(29)26-18-13-11-17(12-14-18)15-22(28)25-16-20(27(4)5)19-9-7-8-10-21(19)30-6/h7-14,20H,15-16H2,1-6H3,(H,25,28)(H,26,29)/t20-/m1/s1. The Bertz CT molecular complexity index is 873. The molecule has 0 aliphatic rings. The van der Waals surface area contributed by atoms with Crippen LogP contribution >= 0.6 is 0 Å². The number of anilines is 1. The van der Waals surface area contributed by atoms with Gasteiger partial charge in [-0.3, -0.25) is 10.1 Å². The van der Waals surface area contributed by atoms with Crippen LogP contribution in [0.4, 0.5) is 10.5 Å². The Morgan fingerprint density at radius 2 is 1.68 bits per heavy atom. The Kier molecular flexibility index (Phi) is 8.45. The Balaban J connectivity index is 1.92. The lowest BCUT2D eigenvalue weighted by atomic mass is 10.0. The van der Waals surface area contributed by atoms with Gasteiger partial charge in [-0.2, -0.15) is 0 Å². The fraction of sp³-hybridized carbons (Fsp3) is 0.417. The number of carbonyl (C=O) groups is 2. The SMILES string of the molecule is COc1ccccc1[C@@H](CNC(=O)Cc1ccc(NC(=O)OC(C)(C)C)cc1)N(C)C. The average molecular weight is 428 g/mol. The van der Waals surface area contributed by atoms with Crippen molar-refractivity contribution in [1.29, 1.82) is 0 Å². The van der Waals surface area contributed by atoms with Crippen LogP contribution in [-0.2, 0) is 16.0 Å². The number of hydrogen-bond donors (Lipinski definition) is 2. The summed E-state index contributed by atoms with van der Waals surface area (Å²) < 4.78 is 10.7. The third kappa shape index (κ3) is 7.94.